The van der Waals surface area contributed by atoms with Gasteiger partial charge in [0, 0.05) is 37.9 Å². The van der Waals surface area contributed by atoms with Crippen LogP contribution >= 0.6 is 15.9 Å². The van der Waals surface area contributed by atoms with Crippen LogP contribution in [0, 0.1) is 0 Å². The van der Waals surface area contributed by atoms with E-state index in [9.17, 15) is 4.79 Å². The Morgan fingerprint density at radius 2 is 2.36 bits per heavy atom. The van der Waals surface area contributed by atoms with Gasteiger partial charge in [-0.25, -0.2) is 4.98 Å². The molecule has 0 amide bonds. The van der Waals surface area contributed by atoms with Gasteiger partial charge in [-0.15, -0.1) is 0 Å². The maximum absolute atomic E-state index is 11.7. The lowest BCUT2D eigenvalue weighted by atomic mass is 10.5. The van der Waals surface area contributed by atoms with Crippen molar-refractivity contribution in [3.8, 4) is 0 Å². The number of alkyl halides is 1. The topological polar surface area (TPSA) is 38.1 Å². The maximum atomic E-state index is 11.7. The van der Waals surface area contributed by atoms with Crippen molar-refractivity contribution in [2.24, 2.45) is 7.05 Å². The first-order valence-corrected chi connectivity index (χ1v) is 5.65. The number of hydrogen-bond donors (Lipinski definition) is 0. The standard InChI is InChI=1S/C9H14BrN3O/c1-3-13(6-4-10)8-9(14)12(2)7-5-11-8/h5,7H,3-4,6H2,1-2H3. The first kappa shape index (κ1) is 11.2. The van der Waals surface area contributed by atoms with Gasteiger partial charge in [-0.2, -0.15) is 0 Å². The van der Waals surface area contributed by atoms with Crippen LogP contribution in [-0.2, 0) is 7.05 Å². The Balaban J connectivity index is 3.04. The lowest BCUT2D eigenvalue weighted by molar-refractivity contribution is 0.786. The second kappa shape index (κ2) is 5.14. The SMILES string of the molecule is CCN(CCBr)c1nccn(C)c1=O. The van der Waals surface area contributed by atoms with E-state index in [-0.39, 0.29) is 5.56 Å². The Morgan fingerprint density at radius 1 is 1.64 bits per heavy atom. The van der Waals surface area contributed by atoms with Crippen LogP contribution in [0.3, 0.4) is 0 Å². The summed E-state index contributed by atoms with van der Waals surface area (Å²) in [7, 11) is 1.73. The minimum atomic E-state index is -0.0460. The van der Waals surface area contributed by atoms with Crippen LogP contribution in [0.4, 0.5) is 5.82 Å². The summed E-state index contributed by atoms with van der Waals surface area (Å²) < 4.78 is 1.54. The molecule has 0 atom stereocenters. The minimum Gasteiger partial charge on any atom is -0.351 e. The molecule has 0 aliphatic rings. The van der Waals surface area contributed by atoms with Crippen molar-refractivity contribution in [1.82, 2.24) is 9.55 Å². The van der Waals surface area contributed by atoms with Crippen molar-refractivity contribution in [2.45, 2.75) is 6.92 Å². The van der Waals surface area contributed by atoms with Crippen LogP contribution in [0.1, 0.15) is 6.92 Å². The first-order chi connectivity index (χ1) is 6.70. The third kappa shape index (κ3) is 2.35. The Labute approximate surface area is 91.7 Å². The molecule has 0 aliphatic carbocycles. The van der Waals surface area contributed by atoms with E-state index in [1.165, 1.54) is 0 Å². The summed E-state index contributed by atoms with van der Waals surface area (Å²) in [5.74, 6) is 0.525. The molecule has 14 heavy (non-hydrogen) atoms. The molecule has 0 fully saturated rings. The van der Waals surface area contributed by atoms with Crippen molar-refractivity contribution in [1.29, 1.82) is 0 Å². The molecule has 0 N–H and O–H groups in total. The van der Waals surface area contributed by atoms with E-state index in [1.807, 2.05) is 11.8 Å². The van der Waals surface area contributed by atoms with Crippen molar-refractivity contribution < 1.29 is 0 Å². The number of rotatable bonds is 4. The van der Waals surface area contributed by atoms with Gasteiger partial charge < -0.3 is 9.47 Å². The van der Waals surface area contributed by atoms with E-state index in [0.717, 1.165) is 18.4 Å². The molecule has 1 aromatic rings. The van der Waals surface area contributed by atoms with Crippen molar-refractivity contribution >= 4 is 21.7 Å². The maximum Gasteiger partial charge on any atom is 0.293 e. The predicted octanol–water partition coefficient (Wildman–Crippen LogP) is 1.00. The Bertz CT molecular complexity index is 350. The summed E-state index contributed by atoms with van der Waals surface area (Å²) in [6, 6.07) is 0. The van der Waals surface area contributed by atoms with Crippen LogP contribution in [-0.4, -0.2) is 28.0 Å². The molecular formula is C9H14BrN3O. The highest BCUT2D eigenvalue weighted by molar-refractivity contribution is 9.09. The number of aromatic nitrogens is 2. The Morgan fingerprint density at radius 3 is 2.93 bits per heavy atom. The fraction of sp³-hybridized carbons (Fsp3) is 0.556. The van der Waals surface area contributed by atoms with Gasteiger partial charge in [0.25, 0.3) is 5.56 Å². The molecule has 1 aromatic heterocycles. The smallest absolute Gasteiger partial charge is 0.293 e. The highest BCUT2D eigenvalue weighted by Gasteiger charge is 2.09. The van der Waals surface area contributed by atoms with Crippen molar-refractivity contribution in [2.75, 3.05) is 23.3 Å². The minimum absolute atomic E-state index is 0.0460. The van der Waals surface area contributed by atoms with Crippen LogP contribution in [0.5, 0.6) is 0 Å². The normalized spacial score (nSPS) is 10.2. The van der Waals surface area contributed by atoms with Crippen molar-refractivity contribution in [3.05, 3.63) is 22.7 Å². The van der Waals surface area contributed by atoms with Gasteiger partial charge >= 0.3 is 0 Å². The summed E-state index contributed by atoms with van der Waals surface area (Å²) in [6.07, 6.45) is 3.31. The summed E-state index contributed by atoms with van der Waals surface area (Å²) in [6.45, 7) is 3.59. The molecule has 0 aliphatic heterocycles. The van der Waals surface area contributed by atoms with Gasteiger partial charge in [0.05, 0.1) is 0 Å². The van der Waals surface area contributed by atoms with E-state index in [1.54, 1.807) is 24.0 Å². The van der Waals surface area contributed by atoms with E-state index in [2.05, 4.69) is 20.9 Å². The lowest BCUT2D eigenvalue weighted by Gasteiger charge is -2.19. The molecule has 5 heteroatoms. The van der Waals surface area contributed by atoms with Gasteiger partial charge in [0.15, 0.2) is 5.82 Å². The first-order valence-electron chi connectivity index (χ1n) is 4.53. The van der Waals surface area contributed by atoms with Crippen molar-refractivity contribution in [3.63, 3.8) is 0 Å². The zero-order valence-corrected chi connectivity index (χ0v) is 9.99. The highest BCUT2D eigenvalue weighted by atomic mass is 79.9. The molecule has 0 unspecified atom stereocenters. The Kier molecular flexibility index (Phi) is 4.13. The van der Waals surface area contributed by atoms with Gasteiger partial charge in [-0.05, 0) is 6.92 Å². The molecular weight excluding hydrogens is 246 g/mol. The van der Waals surface area contributed by atoms with E-state index >= 15 is 0 Å². The molecule has 0 radical (unpaired) electrons. The lowest BCUT2D eigenvalue weighted by Crippen LogP contribution is -2.33. The average Bonchev–Trinajstić information content (AvgIpc) is 2.19. The number of halogens is 1. The van der Waals surface area contributed by atoms with Crippen LogP contribution in [0.25, 0.3) is 0 Å². The zero-order valence-electron chi connectivity index (χ0n) is 8.40. The van der Waals surface area contributed by atoms with Crippen LogP contribution in [0.2, 0.25) is 0 Å². The monoisotopic (exact) mass is 259 g/mol. The number of aryl methyl sites for hydroxylation is 1. The molecule has 4 nitrogen and oxygen atoms in total. The zero-order chi connectivity index (χ0) is 10.6. The summed E-state index contributed by atoms with van der Waals surface area (Å²) in [5.41, 5.74) is -0.0460. The second-order valence-corrected chi connectivity index (χ2v) is 3.73. The molecule has 0 saturated heterocycles. The van der Waals surface area contributed by atoms with Crippen LogP contribution < -0.4 is 10.5 Å². The predicted molar refractivity (Wildman–Crippen MR) is 61.2 cm³/mol. The summed E-state index contributed by atoms with van der Waals surface area (Å²) in [4.78, 5) is 17.7. The third-order valence-electron chi connectivity index (χ3n) is 2.03. The van der Waals surface area contributed by atoms with Crippen LogP contribution in [0.15, 0.2) is 17.2 Å². The fourth-order valence-electron chi connectivity index (χ4n) is 1.22. The number of hydrogen-bond acceptors (Lipinski definition) is 3. The largest absolute Gasteiger partial charge is 0.351 e. The molecule has 78 valence electrons. The summed E-state index contributed by atoms with van der Waals surface area (Å²) in [5, 5.41) is 0.834. The van der Waals surface area contributed by atoms with E-state index < -0.39 is 0 Å². The van der Waals surface area contributed by atoms with E-state index in [4.69, 9.17) is 0 Å². The molecule has 0 saturated carbocycles. The average molecular weight is 260 g/mol. The van der Waals surface area contributed by atoms with Gasteiger partial charge in [-0.3, -0.25) is 4.79 Å². The number of nitrogens with zero attached hydrogens (tertiary/aromatic N) is 3. The van der Waals surface area contributed by atoms with Gasteiger partial charge in [0.1, 0.15) is 0 Å². The summed E-state index contributed by atoms with van der Waals surface area (Å²) >= 11 is 3.35. The molecule has 1 heterocycles. The molecule has 0 spiro atoms. The fourth-order valence-corrected chi connectivity index (χ4v) is 1.65. The highest BCUT2D eigenvalue weighted by Crippen LogP contribution is 2.02. The number of anilines is 1. The van der Waals surface area contributed by atoms with Gasteiger partial charge in [-0.1, -0.05) is 15.9 Å². The molecule has 0 aromatic carbocycles. The quantitative estimate of drug-likeness (QED) is 0.758. The Hall–Kier alpha value is -0.840. The van der Waals surface area contributed by atoms with Gasteiger partial charge in [0.2, 0.25) is 0 Å². The van der Waals surface area contributed by atoms with E-state index in [0.29, 0.717) is 5.82 Å². The second-order valence-electron chi connectivity index (χ2n) is 2.94. The molecule has 1 rings (SSSR count). The third-order valence-corrected chi connectivity index (χ3v) is 2.39. The molecule has 0 bridgehead atoms.